The fourth-order valence-electron chi connectivity index (χ4n) is 2.03. The molecule has 0 bridgehead atoms. The van der Waals surface area contributed by atoms with Crippen molar-refractivity contribution in [2.45, 2.75) is 27.2 Å². The quantitative estimate of drug-likeness (QED) is 0.740. The van der Waals surface area contributed by atoms with Crippen LogP contribution < -0.4 is 0 Å². The molecule has 1 heteroatoms. The molecule has 0 spiro atoms. The van der Waals surface area contributed by atoms with Gasteiger partial charge in [0, 0.05) is 17.5 Å². The van der Waals surface area contributed by atoms with Crippen molar-refractivity contribution in [2.75, 3.05) is 0 Å². The second kappa shape index (κ2) is 4.48. The minimum absolute atomic E-state index is 0.947. The average Bonchev–Trinajstić information content (AvgIpc) is 2.25. The number of rotatable bonds is 2. The van der Waals surface area contributed by atoms with Crippen molar-refractivity contribution < 1.29 is 0 Å². The van der Waals surface area contributed by atoms with Crippen molar-refractivity contribution in [1.29, 1.82) is 0 Å². The van der Waals surface area contributed by atoms with Crippen LogP contribution in [-0.4, -0.2) is 4.98 Å². The zero-order chi connectivity index (χ0) is 11.5. The van der Waals surface area contributed by atoms with Crippen LogP contribution in [0.1, 0.15) is 28.1 Å². The summed E-state index contributed by atoms with van der Waals surface area (Å²) in [5.74, 6) is 0. The molecule has 0 unspecified atom stereocenters. The van der Waals surface area contributed by atoms with Crippen LogP contribution in [0.15, 0.2) is 30.3 Å². The molecule has 1 nitrogen and oxygen atoms in total. The number of pyridine rings is 1. The SMILES string of the molecule is Cc1[c]c(C)c(Cc2ccccc2)c(C)n1. The lowest BCUT2D eigenvalue weighted by atomic mass is 9.99. The highest BCUT2D eigenvalue weighted by Gasteiger charge is 2.06. The smallest absolute Gasteiger partial charge is 0.0457 e. The first-order chi connectivity index (χ1) is 7.66. The van der Waals surface area contributed by atoms with E-state index in [-0.39, 0.29) is 0 Å². The summed E-state index contributed by atoms with van der Waals surface area (Å²) in [5, 5.41) is 0. The molecule has 1 heterocycles. The van der Waals surface area contributed by atoms with Gasteiger partial charge in [-0.3, -0.25) is 4.98 Å². The van der Waals surface area contributed by atoms with Crippen LogP contribution in [0.4, 0.5) is 0 Å². The average molecular weight is 210 g/mol. The highest BCUT2D eigenvalue weighted by molar-refractivity contribution is 5.34. The molecule has 0 atom stereocenters. The van der Waals surface area contributed by atoms with Crippen LogP contribution in [0, 0.1) is 26.8 Å². The fraction of sp³-hybridized carbons (Fsp3) is 0.267. The first kappa shape index (κ1) is 10.9. The molecule has 81 valence electrons. The van der Waals surface area contributed by atoms with Crippen LogP contribution >= 0.6 is 0 Å². The summed E-state index contributed by atoms with van der Waals surface area (Å²) in [4.78, 5) is 4.48. The Morgan fingerprint density at radius 2 is 1.75 bits per heavy atom. The summed E-state index contributed by atoms with van der Waals surface area (Å²) < 4.78 is 0. The molecular weight excluding hydrogens is 194 g/mol. The maximum Gasteiger partial charge on any atom is 0.0457 e. The molecule has 0 amide bonds. The maximum absolute atomic E-state index is 4.48. The standard InChI is InChI=1S/C15H16N/c1-11-9-12(2)16-13(3)15(11)10-14-7-5-4-6-8-14/h4-8H,10H2,1-3H3. The summed E-state index contributed by atoms with van der Waals surface area (Å²) in [6.45, 7) is 6.18. The van der Waals surface area contributed by atoms with Crippen LogP contribution in [0.25, 0.3) is 0 Å². The van der Waals surface area contributed by atoms with Crippen LogP contribution in [0.2, 0.25) is 0 Å². The van der Waals surface area contributed by atoms with Gasteiger partial charge >= 0.3 is 0 Å². The van der Waals surface area contributed by atoms with Crippen LogP contribution in [0.5, 0.6) is 0 Å². The third-order valence-electron chi connectivity index (χ3n) is 2.82. The van der Waals surface area contributed by atoms with Gasteiger partial charge in [0.2, 0.25) is 0 Å². The monoisotopic (exact) mass is 210 g/mol. The molecule has 1 radical (unpaired) electrons. The van der Waals surface area contributed by atoms with Crippen molar-refractivity contribution >= 4 is 0 Å². The first-order valence-corrected chi connectivity index (χ1v) is 5.57. The molecule has 16 heavy (non-hydrogen) atoms. The summed E-state index contributed by atoms with van der Waals surface area (Å²) in [5.41, 5.74) is 5.95. The highest BCUT2D eigenvalue weighted by atomic mass is 14.7. The van der Waals surface area contributed by atoms with Crippen molar-refractivity contribution in [3.63, 3.8) is 0 Å². The van der Waals surface area contributed by atoms with Crippen LogP contribution in [-0.2, 0) is 6.42 Å². The zero-order valence-corrected chi connectivity index (χ0v) is 10.0. The molecular formula is C15H16N. The van der Waals surface area contributed by atoms with Crippen molar-refractivity contribution in [1.82, 2.24) is 4.98 Å². The summed E-state index contributed by atoms with van der Waals surface area (Å²) >= 11 is 0. The molecule has 0 aliphatic rings. The van der Waals surface area contributed by atoms with Gasteiger partial charge in [0.15, 0.2) is 0 Å². The predicted molar refractivity (Wildman–Crippen MR) is 66.5 cm³/mol. The lowest BCUT2D eigenvalue weighted by Crippen LogP contribution is -2.00. The molecule has 0 aliphatic carbocycles. The van der Waals surface area contributed by atoms with E-state index in [0.29, 0.717) is 0 Å². The van der Waals surface area contributed by atoms with Crippen molar-refractivity contribution in [3.8, 4) is 0 Å². The Hall–Kier alpha value is -1.63. The van der Waals surface area contributed by atoms with E-state index in [1.54, 1.807) is 0 Å². The van der Waals surface area contributed by atoms with Crippen molar-refractivity contribution in [3.05, 3.63) is 64.5 Å². The number of aromatic nitrogens is 1. The van der Waals surface area contributed by atoms with E-state index in [4.69, 9.17) is 0 Å². The van der Waals surface area contributed by atoms with E-state index >= 15 is 0 Å². The van der Waals surface area contributed by atoms with Gasteiger partial charge in [-0.15, -0.1) is 0 Å². The van der Waals surface area contributed by atoms with E-state index in [9.17, 15) is 0 Å². The van der Waals surface area contributed by atoms with E-state index in [2.05, 4.69) is 49.2 Å². The van der Waals surface area contributed by atoms with Gasteiger partial charge in [0.25, 0.3) is 0 Å². The molecule has 0 fully saturated rings. The van der Waals surface area contributed by atoms with Gasteiger partial charge in [-0.1, -0.05) is 30.3 Å². The molecule has 2 rings (SSSR count). The highest BCUT2D eigenvalue weighted by Crippen LogP contribution is 2.17. The molecule has 0 N–H and O–H groups in total. The number of benzene rings is 1. The fourth-order valence-corrected chi connectivity index (χ4v) is 2.03. The largest absolute Gasteiger partial charge is 0.258 e. The normalized spacial score (nSPS) is 10.4. The molecule has 2 aromatic rings. The number of hydrogen-bond acceptors (Lipinski definition) is 1. The van der Waals surface area contributed by atoms with Gasteiger partial charge in [-0.05, 0) is 43.9 Å². The Kier molecular flexibility index (Phi) is 3.04. The summed E-state index contributed by atoms with van der Waals surface area (Å²) in [7, 11) is 0. The number of hydrogen-bond donors (Lipinski definition) is 0. The minimum Gasteiger partial charge on any atom is -0.258 e. The van der Waals surface area contributed by atoms with Crippen molar-refractivity contribution in [2.24, 2.45) is 0 Å². The number of nitrogens with zero attached hydrogens (tertiary/aromatic N) is 1. The Morgan fingerprint density at radius 3 is 2.38 bits per heavy atom. The zero-order valence-electron chi connectivity index (χ0n) is 10.0. The lowest BCUT2D eigenvalue weighted by Gasteiger charge is -2.09. The van der Waals surface area contributed by atoms with Gasteiger partial charge in [0.1, 0.15) is 0 Å². The van der Waals surface area contributed by atoms with E-state index in [1.807, 2.05) is 13.0 Å². The van der Waals surface area contributed by atoms with Gasteiger partial charge in [-0.2, -0.15) is 0 Å². The lowest BCUT2D eigenvalue weighted by molar-refractivity contribution is 1.01. The molecule has 0 aliphatic heterocycles. The predicted octanol–water partition coefficient (Wildman–Crippen LogP) is 3.40. The van der Waals surface area contributed by atoms with E-state index < -0.39 is 0 Å². The Labute approximate surface area is 97.2 Å². The van der Waals surface area contributed by atoms with Gasteiger partial charge in [-0.25, -0.2) is 0 Å². The Balaban J connectivity index is 2.35. The minimum atomic E-state index is 0.947. The summed E-state index contributed by atoms with van der Waals surface area (Å²) in [6.07, 6.45) is 0.947. The second-order valence-corrected chi connectivity index (χ2v) is 4.17. The topological polar surface area (TPSA) is 12.9 Å². The maximum atomic E-state index is 4.48. The molecule has 0 saturated heterocycles. The van der Waals surface area contributed by atoms with Gasteiger partial charge in [0.05, 0.1) is 0 Å². The molecule has 0 saturated carbocycles. The third kappa shape index (κ3) is 2.30. The summed E-state index contributed by atoms with van der Waals surface area (Å²) in [6, 6.07) is 13.8. The molecule has 1 aromatic carbocycles. The number of aryl methyl sites for hydroxylation is 3. The third-order valence-corrected chi connectivity index (χ3v) is 2.82. The Morgan fingerprint density at radius 1 is 1.06 bits per heavy atom. The van der Waals surface area contributed by atoms with E-state index in [1.165, 1.54) is 16.7 Å². The van der Waals surface area contributed by atoms with E-state index in [0.717, 1.165) is 17.8 Å². The van der Waals surface area contributed by atoms with Gasteiger partial charge < -0.3 is 0 Å². The van der Waals surface area contributed by atoms with Crippen LogP contribution in [0.3, 0.4) is 0 Å². The molecule has 1 aromatic heterocycles. The second-order valence-electron chi connectivity index (χ2n) is 4.17. The Bertz CT molecular complexity index is 463. The first-order valence-electron chi connectivity index (χ1n) is 5.57.